The quantitative estimate of drug-likeness (QED) is 0.913. The van der Waals surface area contributed by atoms with E-state index in [1.165, 1.54) is 25.0 Å². The predicted molar refractivity (Wildman–Crippen MR) is 98.0 cm³/mol. The maximum Gasteiger partial charge on any atom is 0.225 e. The molecule has 6 heteroatoms. The first-order valence-electron chi connectivity index (χ1n) is 9.34. The fraction of sp³-hybridized carbons (Fsp3) is 0.450. The van der Waals surface area contributed by atoms with Crippen LogP contribution in [0, 0.1) is 11.7 Å². The molecule has 26 heavy (non-hydrogen) atoms. The van der Waals surface area contributed by atoms with Gasteiger partial charge in [0.05, 0.1) is 5.69 Å². The van der Waals surface area contributed by atoms with E-state index in [1.807, 2.05) is 17.0 Å². The van der Waals surface area contributed by atoms with Crippen LogP contribution in [0.1, 0.15) is 32.1 Å². The molecule has 1 saturated heterocycles. The Balaban J connectivity index is 1.34. The van der Waals surface area contributed by atoms with Gasteiger partial charge in [-0.15, -0.1) is 10.2 Å². The number of nitrogens with one attached hydrogen (secondary N) is 1. The fourth-order valence-electron chi connectivity index (χ4n) is 3.90. The molecule has 0 radical (unpaired) electrons. The molecule has 1 aromatic carbocycles. The van der Waals surface area contributed by atoms with E-state index in [2.05, 4.69) is 15.5 Å². The van der Waals surface area contributed by atoms with Crippen molar-refractivity contribution in [2.75, 3.05) is 18.4 Å². The van der Waals surface area contributed by atoms with Crippen molar-refractivity contribution in [1.82, 2.24) is 15.1 Å². The lowest BCUT2D eigenvalue weighted by molar-refractivity contribution is -0.134. The van der Waals surface area contributed by atoms with Crippen molar-refractivity contribution in [1.29, 1.82) is 0 Å². The molecule has 1 unspecified atom stereocenters. The van der Waals surface area contributed by atoms with Gasteiger partial charge in [-0.1, -0.05) is 12.8 Å². The zero-order valence-corrected chi connectivity index (χ0v) is 14.7. The third kappa shape index (κ3) is 3.69. The molecule has 2 aliphatic rings. The average Bonchev–Trinajstić information content (AvgIpc) is 3.35. The summed E-state index contributed by atoms with van der Waals surface area (Å²) in [5, 5.41) is 11.8. The topological polar surface area (TPSA) is 58.1 Å². The highest BCUT2D eigenvalue weighted by atomic mass is 19.1. The number of rotatable bonds is 4. The fourth-order valence-corrected chi connectivity index (χ4v) is 3.90. The number of nitrogens with zero attached hydrogens (tertiary/aromatic N) is 3. The molecule has 1 N–H and O–H groups in total. The minimum absolute atomic E-state index is 0.214. The monoisotopic (exact) mass is 354 g/mol. The van der Waals surface area contributed by atoms with Gasteiger partial charge in [0, 0.05) is 30.6 Å². The number of carbonyl (C=O) groups is 1. The summed E-state index contributed by atoms with van der Waals surface area (Å²) in [5.41, 5.74) is 1.54. The van der Waals surface area contributed by atoms with E-state index in [9.17, 15) is 9.18 Å². The smallest absolute Gasteiger partial charge is 0.225 e. The largest absolute Gasteiger partial charge is 0.364 e. The predicted octanol–water partition coefficient (Wildman–Crippen LogP) is 3.49. The number of aromatic nitrogens is 2. The Morgan fingerprint density at radius 1 is 1.04 bits per heavy atom. The van der Waals surface area contributed by atoms with Gasteiger partial charge in [0.15, 0.2) is 0 Å². The zero-order chi connectivity index (χ0) is 17.9. The van der Waals surface area contributed by atoms with Gasteiger partial charge < -0.3 is 10.2 Å². The number of likely N-dealkylation sites (tertiary alicyclic amines) is 1. The molecule has 2 heterocycles. The summed E-state index contributed by atoms with van der Waals surface area (Å²) in [5.74, 6) is 1.00. The van der Waals surface area contributed by atoms with Crippen LogP contribution in [0.4, 0.5) is 10.2 Å². The maximum atomic E-state index is 13.0. The molecule has 136 valence electrons. The highest BCUT2D eigenvalue weighted by Crippen LogP contribution is 2.28. The van der Waals surface area contributed by atoms with Gasteiger partial charge in [0.1, 0.15) is 11.6 Å². The number of hydrogen-bond donors (Lipinski definition) is 1. The van der Waals surface area contributed by atoms with Crippen LogP contribution in [0.3, 0.4) is 0 Å². The first-order valence-corrected chi connectivity index (χ1v) is 9.34. The van der Waals surface area contributed by atoms with Gasteiger partial charge >= 0.3 is 0 Å². The van der Waals surface area contributed by atoms with E-state index in [-0.39, 0.29) is 17.8 Å². The molecule has 1 amide bonds. The van der Waals surface area contributed by atoms with Crippen LogP contribution in [0.2, 0.25) is 0 Å². The standard InChI is InChI=1S/C20H23FN4O/c21-16-7-5-14(6-8-16)18-9-10-19(24-23-18)22-17-11-12-25(13-17)20(26)15-3-1-2-4-15/h5-10,15,17H,1-4,11-13H2,(H,22,24). The van der Waals surface area contributed by atoms with Crippen LogP contribution in [-0.4, -0.2) is 40.1 Å². The molecule has 2 aromatic rings. The summed E-state index contributed by atoms with van der Waals surface area (Å²) < 4.78 is 13.0. The molecular weight excluding hydrogens is 331 g/mol. The Hall–Kier alpha value is -2.50. The SMILES string of the molecule is O=C(C1CCCC1)N1CCC(Nc2ccc(-c3ccc(F)cc3)nn2)C1. The second kappa shape index (κ2) is 7.40. The van der Waals surface area contributed by atoms with Crippen LogP contribution in [0.5, 0.6) is 0 Å². The first-order chi connectivity index (χ1) is 12.7. The second-order valence-electron chi connectivity index (χ2n) is 7.21. The number of anilines is 1. The molecule has 1 saturated carbocycles. The van der Waals surface area contributed by atoms with E-state index in [1.54, 1.807) is 12.1 Å². The van der Waals surface area contributed by atoms with E-state index < -0.39 is 0 Å². The summed E-state index contributed by atoms with van der Waals surface area (Å²) in [6, 6.07) is 10.2. The van der Waals surface area contributed by atoms with E-state index in [0.29, 0.717) is 17.4 Å². The van der Waals surface area contributed by atoms with Crippen molar-refractivity contribution in [2.45, 2.75) is 38.1 Å². The summed E-state index contributed by atoms with van der Waals surface area (Å²) in [4.78, 5) is 14.5. The number of amides is 1. The second-order valence-corrected chi connectivity index (χ2v) is 7.21. The van der Waals surface area contributed by atoms with E-state index >= 15 is 0 Å². The van der Waals surface area contributed by atoms with Crippen molar-refractivity contribution < 1.29 is 9.18 Å². The van der Waals surface area contributed by atoms with Crippen molar-refractivity contribution in [3.05, 3.63) is 42.2 Å². The van der Waals surface area contributed by atoms with Crippen molar-refractivity contribution in [3.8, 4) is 11.3 Å². The summed E-state index contributed by atoms with van der Waals surface area (Å²) in [6.45, 7) is 1.55. The highest BCUT2D eigenvalue weighted by molar-refractivity contribution is 5.79. The number of carbonyl (C=O) groups excluding carboxylic acids is 1. The van der Waals surface area contributed by atoms with Gasteiger partial charge in [-0.3, -0.25) is 4.79 Å². The average molecular weight is 354 g/mol. The van der Waals surface area contributed by atoms with Crippen LogP contribution < -0.4 is 5.32 Å². The van der Waals surface area contributed by atoms with Gasteiger partial charge in [-0.25, -0.2) is 4.39 Å². The molecule has 5 nitrogen and oxygen atoms in total. The lowest BCUT2D eigenvalue weighted by Gasteiger charge is -2.20. The van der Waals surface area contributed by atoms with Crippen LogP contribution in [0.25, 0.3) is 11.3 Å². The molecular formula is C20H23FN4O. The normalized spacial score (nSPS) is 20.5. The highest BCUT2D eigenvalue weighted by Gasteiger charge is 2.32. The molecule has 4 rings (SSSR count). The zero-order valence-electron chi connectivity index (χ0n) is 14.7. The van der Waals surface area contributed by atoms with Gasteiger partial charge in [0.25, 0.3) is 0 Å². The minimum atomic E-state index is -0.266. The van der Waals surface area contributed by atoms with E-state index in [0.717, 1.165) is 37.9 Å². The summed E-state index contributed by atoms with van der Waals surface area (Å²) >= 11 is 0. The Bertz CT molecular complexity index is 756. The van der Waals surface area contributed by atoms with Crippen molar-refractivity contribution >= 4 is 11.7 Å². The summed E-state index contributed by atoms with van der Waals surface area (Å²) in [7, 11) is 0. The Kier molecular flexibility index (Phi) is 4.82. The Morgan fingerprint density at radius 3 is 2.50 bits per heavy atom. The van der Waals surface area contributed by atoms with Crippen LogP contribution in [0.15, 0.2) is 36.4 Å². The van der Waals surface area contributed by atoms with Crippen molar-refractivity contribution in [2.24, 2.45) is 5.92 Å². The van der Waals surface area contributed by atoms with E-state index in [4.69, 9.17) is 0 Å². The van der Waals surface area contributed by atoms with Gasteiger partial charge in [-0.05, 0) is 55.7 Å². The molecule has 1 aromatic heterocycles. The summed E-state index contributed by atoms with van der Waals surface area (Å²) in [6.07, 6.45) is 5.39. The Labute approximate surface area is 152 Å². The Morgan fingerprint density at radius 2 is 1.81 bits per heavy atom. The van der Waals surface area contributed by atoms with Crippen LogP contribution >= 0.6 is 0 Å². The maximum absolute atomic E-state index is 13.0. The molecule has 0 bridgehead atoms. The molecule has 2 fully saturated rings. The first kappa shape index (κ1) is 16.9. The van der Waals surface area contributed by atoms with Crippen molar-refractivity contribution in [3.63, 3.8) is 0 Å². The third-order valence-corrected chi connectivity index (χ3v) is 5.36. The third-order valence-electron chi connectivity index (χ3n) is 5.36. The van der Waals surface area contributed by atoms with Crippen LogP contribution in [-0.2, 0) is 4.79 Å². The number of benzene rings is 1. The lowest BCUT2D eigenvalue weighted by Crippen LogP contribution is -2.35. The number of halogens is 1. The lowest BCUT2D eigenvalue weighted by atomic mass is 10.1. The molecule has 1 atom stereocenters. The number of hydrogen-bond acceptors (Lipinski definition) is 4. The molecule has 0 spiro atoms. The molecule has 1 aliphatic heterocycles. The minimum Gasteiger partial charge on any atom is -0.364 e. The van der Waals surface area contributed by atoms with Gasteiger partial charge in [-0.2, -0.15) is 0 Å². The van der Waals surface area contributed by atoms with Gasteiger partial charge in [0.2, 0.25) is 5.91 Å². The molecule has 1 aliphatic carbocycles.